The highest BCUT2D eigenvalue weighted by molar-refractivity contribution is 7.99. The summed E-state index contributed by atoms with van der Waals surface area (Å²) >= 11 is 2.00. The van der Waals surface area contributed by atoms with Gasteiger partial charge in [-0.2, -0.15) is 11.8 Å². The smallest absolute Gasteiger partial charge is 0.237 e. The minimum Gasteiger partial charge on any atom is -0.237 e. The predicted octanol–water partition coefficient (Wildman–Crippen LogP) is 1.94. The van der Waals surface area contributed by atoms with E-state index in [2.05, 4.69) is 41.7 Å². The zero-order valence-corrected chi connectivity index (χ0v) is 9.39. The molecule has 0 aliphatic carbocycles. The summed E-state index contributed by atoms with van der Waals surface area (Å²) in [5.74, 6) is 2.44. The molecule has 0 fully saturated rings. The first-order valence-electron chi connectivity index (χ1n) is 4.99. The Labute approximate surface area is 85.0 Å². The molecule has 74 valence electrons. The van der Waals surface area contributed by atoms with Crippen LogP contribution in [-0.4, -0.2) is 16.1 Å². The summed E-state index contributed by atoms with van der Waals surface area (Å²) < 4.78 is 4.51. The number of rotatable bonds is 6. The van der Waals surface area contributed by atoms with Crippen molar-refractivity contribution < 1.29 is 4.57 Å². The van der Waals surface area contributed by atoms with E-state index in [1.165, 1.54) is 17.9 Å². The van der Waals surface area contributed by atoms with E-state index in [9.17, 15) is 0 Å². The van der Waals surface area contributed by atoms with Gasteiger partial charge in [-0.25, -0.2) is 9.13 Å². The fourth-order valence-corrected chi connectivity index (χ4v) is 1.90. The first kappa shape index (κ1) is 10.6. The van der Waals surface area contributed by atoms with Crippen LogP contribution in [0.3, 0.4) is 0 Å². The zero-order chi connectivity index (χ0) is 9.52. The molecule has 1 aromatic rings. The van der Waals surface area contributed by atoms with Crippen molar-refractivity contribution in [2.45, 2.75) is 33.4 Å². The van der Waals surface area contributed by atoms with Gasteiger partial charge in [-0.3, -0.25) is 0 Å². The molecule has 0 bridgehead atoms. The van der Waals surface area contributed by atoms with E-state index >= 15 is 0 Å². The lowest BCUT2D eigenvalue weighted by atomic mass is 10.5. The molecule has 1 aromatic heterocycles. The summed E-state index contributed by atoms with van der Waals surface area (Å²) in [7, 11) is 0. The van der Waals surface area contributed by atoms with Gasteiger partial charge in [0.25, 0.3) is 0 Å². The van der Waals surface area contributed by atoms with Crippen molar-refractivity contribution in [1.82, 2.24) is 4.57 Å². The average Bonchev–Trinajstić information content (AvgIpc) is 2.54. The van der Waals surface area contributed by atoms with Crippen LogP contribution in [0.15, 0.2) is 18.7 Å². The monoisotopic (exact) mass is 199 g/mol. The third kappa shape index (κ3) is 3.85. The Hall–Kier alpha value is -0.440. The summed E-state index contributed by atoms with van der Waals surface area (Å²) in [6.45, 7) is 6.68. The van der Waals surface area contributed by atoms with Crippen LogP contribution in [0.5, 0.6) is 0 Å². The van der Waals surface area contributed by atoms with Gasteiger partial charge in [-0.1, -0.05) is 13.8 Å². The maximum absolute atomic E-state index is 2.26. The number of aromatic nitrogens is 2. The predicted molar refractivity (Wildman–Crippen MR) is 57.9 cm³/mol. The second-order valence-corrected chi connectivity index (χ2v) is 4.48. The van der Waals surface area contributed by atoms with Crippen molar-refractivity contribution in [2.75, 3.05) is 11.5 Å². The van der Waals surface area contributed by atoms with Crippen molar-refractivity contribution in [1.29, 1.82) is 0 Å². The van der Waals surface area contributed by atoms with Crippen LogP contribution >= 0.6 is 11.8 Å². The highest BCUT2D eigenvalue weighted by Gasteiger charge is 2.01. The summed E-state index contributed by atoms with van der Waals surface area (Å²) in [6.07, 6.45) is 7.71. The molecule has 0 aromatic carbocycles. The molecule has 0 N–H and O–H groups in total. The molecular formula is C10H19N2S+. The van der Waals surface area contributed by atoms with Crippen LogP contribution in [0.2, 0.25) is 0 Å². The molecule has 0 spiro atoms. The highest BCUT2D eigenvalue weighted by atomic mass is 32.2. The van der Waals surface area contributed by atoms with E-state index < -0.39 is 0 Å². The fourth-order valence-electron chi connectivity index (χ4n) is 1.28. The van der Waals surface area contributed by atoms with Crippen LogP contribution in [-0.2, 0) is 13.1 Å². The van der Waals surface area contributed by atoms with Crippen LogP contribution in [0.25, 0.3) is 0 Å². The number of imidazole rings is 1. The van der Waals surface area contributed by atoms with Crippen molar-refractivity contribution in [3.63, 3.8) is 0 Å². The van der Waals surface area contributed by atoms with E-state index in [1.807, 2.05) is 11.8 Å². The zero-order valence-electron chi connectivity index (χ0n) is 8.57. The summed E-state index contributed by atoms with van der Waals surface area (Å²) in [6, 6.07) is 0. The molecule has 13 heavy (non-hydrogen) atoms. The Kier molecular flexibility index (Phi) is 4.98. The van der Waals surface area contributed by atoms with Gasteiger partial charge < -0.3 is 0 Å². The van der Waals surface area contributed by atoms with E-state index in [-0.39, 0.29) is 0 Å². The Morgan fingerprint density at radius 1 is 1.38 bits per heavy atom. The molecule has 0 radical (unpaired) electrons. The average molecular weight is 199 g/mol. The first-order valence-corrected chi connectivity index (χ1v) is 6.14. The normalized spacial score (nSPS) is 10.6. The van der Waals surface area contributed by atoms with Gasteiger partial charge in [0.2, 0.25) is 6.33 Å². The third-order valence-electron chi connectivity index (χ3n) is 1.93. The van der Waals surface area contributed by atoms with Crippen molar-refractivity contribution in [3.8, 4) is 0 Å². The van der Waals surface area contributed by atoms with Crippen molar-refractivity contribution in [3.05, 3.63) is 18.7 Å². The molecule has 3 heteroatoms. The maximum atomic E-state index is 2.26. The van der Waals surface area contributed by atoms with Gasteiger partial charge >= 0.3 is 0 Å². The molecule has 1 heterocycles. The van der Waals surface area contributed by atoms with Gasteiger partial charge in [-0.05, 0) is 12.2 Å². The Bertz CT molecular complexity index is 233. The minimum atomic E-state index is 1.13. The Morgan fingerprint density at radius 2 is 2.23 bits per heavy atom. The molecule has 0 aliphatic rings. The van der Waals surface area contributed by atoms with Crippen molar-refractivity contribution >= 4 is 11.8 Å². The van der Waals surface area contributed by atoms with E-state index in [1.54, 1.807) is 0 Å². The number of nitrogens with zero attached hydrogens (tertiary/aromatic N) is 2. The fraction of sp³-hybridized carbons (Fsp3) is 0.700. The van der Waals surface area contributed by atoms with E-state index in [0.717, 1.165) is 13.1 Å². The Balaban J connectivity index is 2.31. The van der Waals surface area contributed by atoms with Gasteiger partial charge in [0.15, 0.2) is 0 Å². The number of thioether (sulfide) groups is 1. The lowest BCUT2D eigenvalue weighted by molar-refractivity contribution is -0.696. The first-order chi connectivity index (χ1) is 6.36. The van der Waals surface area contributed by atoms with Crippen LogP contribution in [0, 0.1) is 0 Å². The topological polar surface area (TPSA) is 8.81 Å². The maximum Gasteiger partial charge on any atom is 0.243 e. The molecule has 0 unspecified atom stereocenters. The third-order valence-corrected chi connectivity index (χ3v) is 2.81. The molecular weight excluding hydrogens is 180 g/mol. The molecule has 0 saturated carbocycles. The van der Waals surface area contributed by atoms with Gasteiger partial charge in [0.05, 0.1) is 13.1 Å². The van der Waals surface area contributed by atoms with Gasteiger partial charge in [0.1, 0.15) is 12.4 Å². The van der Waals surface area contributed by atoms with Crippen LogP contribution in [0.1, 0.15) is 20.3 Å². The molecule has 2 nitrogen and oxygen atoms in total. The van der Waals surface area contributed by atoms with Crippen LogP contribution < -0.4 is 4.57 Å². The van der Waals surface area contributed by atoms with E-state index in [4.69, 9.17) is 0 Å². The second kappa shape index (κ2) is 6.08. The minimum absolute atomic E-state index is 1.13. The largest absolute Gasteiger partial charge is 0.243 e. The van der Waals surface area contributed by atoms with Crippen molar-refractivity contribution in [2.24, 2.45) is 0 Å². The van der Waals surface area contributed by atoms with E-state index in [0.29, 0.717) is 0 Å². The summed E-state index contributed by atoms with van der Waals surface area (Å²) in [5.41, 5.74) is 0. The SMILES string of the molecule is CCC[n+]1ccn(CCSCC)c1. The summed E-state index contributed by atoms with van der Waals surface area (Å²) in [4.78, 5) is 0. The highest BCUT2D eigenvalue weighted by Crippen LogP contribution is 1.99. The molecule has 0 saturated heterocycles. The number of aryl methyl sites for hydroxylation is 2. The standard InChI is InChI=1S/C10H19N2S/c1-3-5-11-6-7-12(10-11)8-9-13-4-2/h6-7,10H,3-5,8-9H2,1-2H3/q+1. The molecule has 1 rings (SSSR count). The second-order valence-electron chi connectivity index (χ2n) is 3.09. The lowest BCUT2D eigenvalue weighted by Crippen LogP contribution is -2.30. The number of hydrogen-bond acceptors (Lipinski definition) is 1. The molecule has 0 atom stereocenters. The molecule has 0 amide bonds. The van der Waals surface area contributed by atoms with Gasteiger partial charge in [-0.15, -0.1) is 0 Å². The lowest BCUT2D eigenvalue weighted by Gasteiger charge is -1.94. The quantitative estimate of drug-likeness (QED) is 0.502. The Morgan fingerprint density at radius 3 is 2.92 bits per heavy atom. The van der Waals surface area contributed by atoms with Crippen LogP contribution in [0.4, 0.5) is 0 Å². The van der Waals surface area contributed by atoms with Gasteiger partial charge in [0, 0.05) is 5.75 Å². The number of hydrogen-bond donors (Lipinski definition) is 0. The molecule has 0 aliphatic heterocycles. The summed E-state index contributed by atoms with van der Waals surface area (Å²) in [5, 5.41) is 0.